The van der Waals surface area contributed by atoms with Gasteiger partial charge in [0.05, 0.1) is 19.3 Å². The summed E-state index contributed by atoms with van der Waals surface area (Å²) in [6, 6.07) is 0. The van der Waals surface area contributed by atoms with Crippen LogP contribution in [0.4, 0.5) is 0 Å². The zero-order chi connectivity index (χ0) is 5.98. The zero-order valence-corrected chi connectivity index (χ0v) is 4.83. The molecule has 0 bridgehead atoms. The summed E-state index contributed by atoms with van der Waals surface area (Å²) >= 11 is 0. The van der Waals surface area contributed by atoms with Crippen LogP contribution >= 0.6 is 0 Å². The van der Waals surface area contributed by atoms with Crippen LogP contribution in [0, 0.1) is 0 Å². The molecule has 3 heteroatoms. The van der Waals surface area contributed by atoms with Gasteiger partial charge in [-0.1, -0.05) is 0 Å². The fourth-order valence-corrected chi connectivity index (χ4v) is 0.682. The van der Waals surface area contributed by atoms with Gasteiger partial charge in [-0.25, -0.2) is 0 Å². The van der Waals surface area contributed by atoms with Gasteiger partial charge in [-0.15, -0.1) is 0 Å². The van der Waals surface area contributed by atoms with Crippen LogP contribution in [0.3, 0.4) is 0 Å². The van der Waals surface area contributed by atoms with Crippen LogP contribution in [0.15, 0.2) is 0 Å². The van der Waals surface area contributed by atoms with Crippen molar-refractivity contribution in [2.24, 2.45) is 0 Å². The lowest BCUT2D eigenvalue weighted by Gasteiger charge is -2.23. The Balaban J connectivity index is 2.23. The van der Waals surface area contributed by atoms with Gasteiger partial charge in [0.1, 0.15) is 0 Å². The second-order valence-electron chi connectivity index (χ2n) is 1.94. The van der Waals surface area contributed by atoms with Crippen molar-refractivity contribution >= 4 is 0 Å². The summed E-state index contributed by atoms with van der Waals surface area (Å²) in [5, 5.41) is 8.73. The summed E-state index contributed by atoms with van der Waals surface area (Å²) < 4.78 is 9.84. The van der Waals surface area contributed by atoms with Crippen molar-refractivity contribution in [1.82, 2.24) is 0 Å². The Hall–Kier alpha value is -0.120. The van der Waals surface area contributed by atoms with Gasteiger partial charge in [-0.3, -0.25) is 0 Å². The molecule has 0 aromatic heterocycles. The summed E-state index contributed by atoms with van der Waals surface area (Å²) in [4.78, 5) is 0. The van der Waals surface area contributed by atoms with E-state index in [0.717, 1.165) is 0 Å². The van der Waals surface area contributed by atoms with Crippen molar-refractivity contribution in [2.75, 3.05) is 13.2 Å². The lowest BCUT2D eigenvalue weighted by molar-refractivity contribution is -0.215. The predicted molar refractivity (Wildman–Crippen MR) is 27.4 cm³/mol. The fraction of sp³-hybridized carbons (Fsp3) is 1.00. The Bertz CT molecular complexity index is 66.1. The quantitative estimate of drug-likeness (QED) is 0.476. The van der Waals surface area contributed by atoms with E-state index in [4.69, 9.17) is 14.6 Å². The maximum absolute atomic E-state index is 8.73. The third kappa shape index (κ3) is 1.43. The molecular weight excluding hydrogens is 108 g/mol. The highest BCUT2D eigenvalue weighted by atomic mass is 16.7. The first kappa shape index (κ1) is 6.01. The number of hydrogen-bond donors (Lipinski definition) is 1. The number of rotatable bonds is 0. The first-order valence-corrected chi connectivity index (χ1v) is 2.70. The summed E-state index contributed by atoms with van der Waals surface area (Å²) in [6.07, 6.45) is -0.669. The average molecular weight is 118 g/mol. The maximum Gasteiger partial charge on any atom is 0.178 e. The molecule has 0 spiro atoms. The van der Waals surface area contributed by atoms with Gasteiger partial charge in [-0.05, 0) is 6.92 Å². The minimum atomic E-state index is -0.709. The van der Waals surface area contributed by atoms with Crippen molar-refractivity contribution in [3.8, 4) is 0 Å². The number of hydrogen-bond acceptors (Lipinski definition) is 3. The van der Waals surface area contributed by atoms with Crippen LogP contribution < -0.4 is 0 Å². The Morgan fingerprint density at radius 3 is 2.62 bits per heavy atom. The molecule has 0 saturated carbocycles. The van der Waals surface area contributed by atoms with Gasteiger partial charge in [0, 0.05) is 0 Å². The highest BCUT2D eigenvalue weighted by Gasteiger charge is 2.15. The summed E-state index contributed by atoms with van der Waals surface area (Å²) in [5.74, 6) is 0. The van der Waals surface area contributed by atoms with E-state index in [1.807, 2.05) is 6.92 Å². The first-order chi connectivity index (χ1) is 3.79. The number of aliphatic hydroxyl groups is 1. The van der Waals surface area contributed by atoms with Crippen LogP contribution in [0.1, 0.15) is 6.92 Å². The van der Waals surface area contributed by atoms with Crippen LogP contribution in [0.5, 0.6) is 0 Å². The van der Waals surface area contributed by atoms with Gasteiger partial charge in [0.2, 0.25) is 0 Å². The second-order valence-corrected chi connectivity index (χ2v) is 1.94. The van der Waals surface area contributed by atoms with Gasteiger partial charge >= 0.3 is 0 Å². The van der Waals surface area contributed by atoms with Crippen molar-refractivity contribution < 1.29 is 14.6 Å². The Labute approximate surface area is 48.2 Å². The predicted octanol–water partition coefficient (Wildman–Crippen LogP) is -0.260. The standard InChI is InChI=1S/C5H10O3/c1-4-2-7-3-5(6)8-4/h4-6H,2-3H2,1H3. The first-order valence-electron chi connectivity index (χ1n) is 2.70. The molecule has 0 aliphatic carbocycles. The van der Waals surface area contributed by atoms with Crippen molar-refractivity contribution in [1.29, 1.82) is 0 Å². The monoisotopic (exact) mass is 118 g/mol. The van der Waals surface area contributed by atoms with Crippen LogP contribution in [0.2, 0.25) is 0 Å². The van der Waals surface area contributed by atoms with Gasteiger partial charge < -0.3 is 14.6 Å². The Kier molecular flexibility index (Phi) is 1.83. The van der Waals surface area contributed by atoms with E-state index >= 15 is 0 Å². The molecule has 1 aliphatic heterocycles. The molecule has 2 atom stereocenters. The SMILES string of the molecule is CC1COCC(O)O1. The van der Waals surface area contributed by atoms with Crippen LogP contribution in [-0.4, -0.2) is 30.7 Å². The molecule has 2 unspecified atom stereocenters. The molecule has 0 aromatic carbocycles. The Morgan fingerprint density at radius 2 is 2.25 bits per heavy atom. The minimum Gasteiger partial charge on any atom is -0.374 e. The molecule has 1 aliphatic rings. The van der Waals surface area contributed by atoms with E-state index in [9.17, 15) is 0 Å². The smallest absolute Gasteiger partial charge is 0.178 e. The average Bonchev–Trinajstić information content (AvgIpc) is 1.64. The zero-order valence-electron chi connectivity index (χ0n) is 4.83. The fourth-order valence-electron chi connectivity index (χ4n) is 0.682. The molecule has 0 aromatic rings. The topological polar surface area (TPSA) is 38.7 Å². The lowest BCUT2D eigenvalue weighted by Crippen LogP contribution is -2.33. The van der Waals surface area contributed by atoms with E-state index in [2.05, 4.69) is 0 Å². The second kappa shape index (κ2) is 2.44. The molecule has 1 rings (SSSR count). The summed E-state index contributed by atoms with van der Waals surface area (Å²) in [7, 11) is 0. The van der Waals surface area contributed by atoms with Gasteiger partial charge in [-0.2, -0.15) is 0 Å². The molecule has 1 heterocycles. The maximum atomic E-state index is 8.73. The number of ether oxygens (including phenoxy) is 2. The molecule has 1 saturated heterocycles. The van der Waals surface area contributed by atoms with Gasteiger partial charge in [0.15, 0.2) is 6.29 Å². The molecule has 0 amide bonds. The van der Waals surface area contributed by atoms with Crippen LogP contribution in [-0.2, 0) is 9.47 Å². The van der Waals surface area contributed by atoms with Crippen molar-refractivity contribution in [3.63, 3.8) is 0 Å². The molecule has 3 nitrogen and oxygen atoms in total. The van der Waals surface area contributed by atoms with Crippen molar-refractivity contribution in [2.45, 2.75) is 19.3 Å². The summed E-state index contributed by atoms with van der Waals surface area (Å²) in [6.45, 7) is 2.77. The number of aliphatic hydroxyl groups excluding tert-OH is 1. The molecule has 1 fully saturated rings. The van der Waals surface area contributed by atoms with Gasteiger partial charge in [0.25, 0.3) is 0 Å². The lowest BCUT2D eigenvalue weighted by atomic mass is 10.4. The highest BCUT2D eigenvalue weighted by Crippen LogP contribution is 2.03. The Morgan fingerprint density at radius 1 is 1.50 bits per heavy atom. The van der Waals surface area contributed by atoms with E-state index in [-0.39, 0.29) is 6.10 Å². The molecule has 0 radical (unpaired) electrons. The normalized spacial score (nSPS) is 39.8. The third-order valence-corrected chi connectivity index (χ3v) is 1.00. The highest BCUT2D eigenvalue weighted by molar-refractivity contribution is 4.54. The molecule has 48 valence electrons. The van der Waals surface area contributed by atoms with E-state index < -0.39 is 6.29 Å². The molecule has 1 N–H and O–H groups in total. The van der Waals surface area contributed by atoms with E-state index in [1.54, 1.807) is 0 Å². The van der Waals surface area contributed by atoms with Crippen LogP contribution in [0.25, 0.3) is 0 Å². The third-order valence-electron chi connectivity index (χ3n) is 1.00. The van der Waals surface area contributed by atoms with E-state index in [1.165, 1.54) is 0 Å². The molecule has 8 heavy (non-hydrogen) atoms. The van der Waals surface area contributed by atoms with E-state index in [0.29, 0.717) is 13.2 Å². The molecular formula is C5H10O3. The summed E-state index contributed by atoms with van der Waals surface area (Å²) in [5.41, 5.74) is 0. The van der Waals surface area contributed by atoms with Crippen molar-refractivity contribution in [3.05, 3.63) is 0 Å². The largest absolute Gasteiger partial charge is 0.374 e. The minimum absolute atomic E-state index is 0.0405.